The van der Waals surface area contributed by atoms with E-state index >= 15 is 0 Å². The largest absolute Gasteiger partial charge is 0.481 e. The molecule has 4 heteroatoms. The molecule has 3 nitrogen and oxygen atoms in total. The van der Waals surface area contributed by atoms with E-state index < -0.39 is 17.7 Å². The van der Waals surface area contributed by atoms with Gasteiger partial charge in [0, 0.05) is 12.0 Å². The number of furan rings is 1. The number of aliphatic carboxylic acids is 1. The number of carboxylic acids is 1. The fraction of sp³-hybridized carbons (Fsp3) is 0.154. The van der Waals surface area contributed by atoms with Crippen LogP contribution in [0.4, 0.5) is 4.39 Å². The lowest BCUT2D eigenvalue weighted by atomic mass is 9.94. The van der Waals surface area contributed by atoms with Gasteiger partial charge in [-0.15, -0.1) is 0 Å². The predicted molar refractivity (Wildman–Crippen MR) is 59.2 cm³/mol. The van der Waals surface area contributed by atoms with E-state index in [1.165, 1.54) is 24.5 Å². The number of halogens is 1. The number of hydrogen-bond acceptors (Lipinski definition) is 2. The molecule has 17 heavy (non-hydrogen) atoms. The van der Waals surface area contributed by atoms with E-state index in [9.17, 15) is 9.18 Å². The van der Waals surface area contributed by atoms with Crippen molar-refractivity contribution in [1.29, 1.82) is 0 Å². The van der Waals surface area contributed by atoms with Gasteiger partial charge in [0.05, 0.1) is 12.2 Å². The summed E-state index contributed by atoms with van der Waals surface area (Å²) in [5.74, 6) is -1.97. The lowest BCUT2D eigenvalue weighted by Crippen LogP contribution is -2.15. The summed E-state index contributed by atoms with van der Waals surface area (Å²) in [6.07, 6.45) is 1.61. The first kappa shape index (κ1) is 11.4. The van der Waals surface area contributed by atoms with E-state index in [1.807, 2.05) is 0 Å². The topological polar surface area (TPSA) is 50.4 Å². The van der Waals surface area contributed by atoms with Crippen LogP contribution in [0.1, 0.15) is 17.2 Å². The van der Waals surface area contributed by atoms with Gasteiger partial charge in [-0.25, -0.2) is 4.39 Å². The molecule has 0 aliphatic carbocycles. The second-order valence-corrected chi connectivity index (χ2v) is 3.70. The van der Waals surface area contributed by atoms with E-state index in [-0.39, 0.29) is 12.0 Å². The second-order valence-electron chi connectivity index (χ2n) is 3.70. The standard InChI is InChI=1S/C13H11FO3/c14-12-6-2-1-5-10(12)11(13(15)16)8-9-4-3-7-17-9/h1-7,11H,8H2,(H,15,16). The number of benzene rings is 1. The van der Waals surface area contributed by atoms with Crippen molar-refractivity contribution in [2.45, 2.75) is 12.3 Å². The molecule has 2 aromatic rings. The SMILES string of the molecule is O=C(O)C(Cc1ccco1)c1ccccc1F. The molecule has 1 aromatic heterocycles. The Kier molecular flexibility index (Phi) is 3.23. The highest BCUT2D eigenvalue weighted by molar-refractivity contribution is 5.76. The Bertz CT molecular complexity index is 505. The summed E-state index contributed by atoms with van der Waals surface area (Å²) >= 11 is 0. The van der Waals surface area contributed by atoms with Crippen molar-refractivity contribution < 1.29 is 18.7 Å². The van der Waals surface area contributed by atoms with E-state index in [0.717, 1.165) is 0 Å². The Labute approximate surface area is 97.5 Å². The Morgan fingerprint density at radius 3 is 2.65 bits per heavy atom. The summed E-state index contributed by atoms with van der Waals surface area (Å²) in [4.78, 5) is 11.2. The maximum absolute atomic E-state index is 13.5. The Morgan fingerprint density at radius 2 is 2.06 bits per heavy atom. The van der Waals surface area contributed by atoms with Crippen LogP contribution >= 0.6 is 0 Å². The van der Waals surface area contributed by atoms with E-state index in [2.05, 4.69) is 0 Å². The molecule has 0 fully saturated rings. The van der Waals surface area contributed by atoms with Gasteiger partial charge in [-0.2, -0.15) is 0 Å². The number of carboxylic acid groups (broad SMARTS) is 1. The highest BCUT2D eigenvalue weighted by Crippen LogP contribution is 2.23. The van der Waals surface area contributed by atoms with E-state index in [1.54, 1.807) is 18.2 Å². The van der Waals surface area contributed by atoms with Gasteiger partial charge >= 0.3 is 5.97 Å². The normalized spacial score (nSPS) is 12.3. The monoisotopic (exact) mass is 234 g/mol. The zero-order valence-electron chi connectivity index (χ0n) is 8.97. The third kappa shape index (κ3) is 2.53. The third-order valence-electron chi connectivity index (χ3n) is 2.56. The molecule has 0 spiro atoms. The maximum Gasteiger partial charge on any atom is 0.311 e. The van der Waals surface area contributed by atoms with E-state index in [4.69, 9.17) is 9.52 Å². The molecular weight excluding hydrogens is 223 g/mol. The highest BCUT2D eigenvalue weighted by Gasteiger charge is 2.24. The molecule has 1 atom stereocenters. The average molecular weight is 234 g/mol. The summed E-state index contributed by atoms with van der Waals surface area (Å²) in [6.45, 7) is 0. The minimum absolute atomic E-state index is 0.142. The molecule has 0 saturated heterocycles. The summed E-state index contributed by atoms with van der Waals surface area (Å²) < 4.78 is 18.6. The molecule has 0 bridgehead atoms. The van der Waals surface area contributed by atoms with Crippen molar-refractivity contribution in [1.82, 2.24) is 0 Å². The summed E-state index contributed by atoms with van der Waals surface area (Å²) in [5, 5.41) is 9.14. The molecule has 0 aliphatic rings. The molecule has 0 aliphatic heterocycles. The quantitative estimate of drug-likeness (QED) is 0.884. The van der Waals surface area contributed by atoms with Crippen molar-refractivity contribution in [3.63, 3.8) is 0 Å². The van der Waals surface area contributed by atoms with Gasteiger partial charge in [-0.3, -0.25) is 4.79 Å². The number of rotatable bonds is 4. The van der Waals surface area contributed by atoms with Crippen LogP contribution in [0.25, 0.3) is 0 Å². The van der Waals surface area contributed by atoms with Crippen molar-refractivity contribution in [2.75, 3.05) is 0 Å². The van der Waals surface area contributed by atoms with Gasteiger partial charge < -0.3 is 9.52 Å². The van der Waals surface area contributed by atoms with Crippen LogP contribution in [0.15, 0.2) is 47.1 Å². The zero-order valence-corrected chi connectivity index (χ0v) is 8.97. The van der Waals surface area contributed by atoms with Crippen molar-refractivity contribution in [2.24, 2.45) is 0 Å². The molecule has 88 valence electrons. The van der Waals surface area contributed by atoms with Gasteiger partial charge in [-0.05, 0) is 18.2 Å². The van der Waals surface area contributed by atoms with Crippen molar-refractivity contribution in [3.05, 3.63) is 59.8 Å². The summed E-state index contributed by atoms with van der Waals surface area (Å²) in [5.41, 5.74) is 0.177. The molecule has 1 N–H and O–H groups in total. The van der Waals surface area contributed by atoms with Crippen molar-refractivity contribution in [3.8, 4) is 0 Å². The smallest absolute Gasteiger partial charge is 0.311 e. The first-order valence-corrected chi connectivity index (χ1v) is 5.18. The molecule has 1 unspecified atom stereocenters. The Balaban J connectivity index is 2.30. The van der Waals surface area contributed by atoms with E-state index in [0.29, 0.717) is 5.76 Å². The summed E-state index contributed by atoms with van der Waals surface area (Å²) in [6, 6.07) is 9.25. The minimum atomic E-state index is -1.06. The number of hydrogen-bond donors (Lipinski definition) is 1. The van der Waals surface area contributed by atoms with Crippen LogP contribution in [-0.2, 0) is 11.2 Å². The Hall–Kier alpha value is -2.10. The molecule has 1 aromatic carbocycles. The minimum Gasteiger partial charge on any atom is -0.481 e. The highest BCUT2D eigenvalue weighted by atomic mass is 19.1. The molecule has 2 rings (SSSR count). The van der Waals surface area contributed by atoms with Crippen LogP contribution < -0.4 is 0 Å². The Morgan fingerprint density at radius 1 is 1.29 bits per heavy atom. The fourth-order valence-electron chi connectivity index (χ4n) is 1.72. The predicted octanol–water partition coefficient (Wildman–Crippen LogP) is 2.83. The molecule has 0 radical (unpaired) electrons. The van der Waals surface area contributed by atoms with Crippen LogP contribution in [-0.4, -0.2) is 11.1 Å². The molecule has 0 saturated carbocycles. The van der Waals surface area contributed by atoms with Crippen LogP contribution in [0, 0.1) is 5.82 Å². The number of carbonyl (C=O) groups is 1. The molecule has 1 heterocycles. The van der Waals surface area contributed by atoms with Crippen LogP contribution in [0.5, 0.6) is 0 Å². The fourth-order valence-corrected chi connectivity index (χ4v) is 1.72. The first-order chi connectivity index (χ1) is 8.18. The van der Waals surface area contributed by atoms with Gasteiger partial charge in [0.2, 0.25) is 0 Å². The van der Waals surface area contributed by atoms with Gasteiger partial charge in [0.15, 0.2) is 0 Å². The lowest BCUT2D eigenvalue weighted by Gasteiger charge is -2.11. The second kappa shape index (κ2) is 4.82. The summed E-state index contributed by atoms with van der Waals surface area (Å²) in [7, 11) is 0. The van der Waals surface area contributed by atoms with Crippen LogP contribution in [0.3, 0.4) is 0 Å². The molecular formula is C13H11FO3. The van der Waals surface area contributed by atoms with Gasteiger partial charge in [0.1, 0.15) is 11.6 Å². The van der Waals surface area contributed by atoms with Crippen molar-refractivity contribution >= 4 is 5.97 Å². The van der Waals surface area contributed by atoms with Crippen LogP contribution in [0.2, 0.25) is 0 Å². The average Bonchev–Trinajstić information content (AvgIpc) is 2.79. The first-order valence-electron chi connectivity index (χ1n) is 5.18. The van der Waals surface area contributed by atoms with Gasteiger partial charge in [-0.1, -0.05) is 18.2 Å². The van der Waals surface area contributed by atoms with Gasteiger partial charge in [0.25, 0.3) is 0 Å². The lowest BCUT2D eigenvalue weighted by molar-refractivity contribution is -0.138. The third-order valence-corrected chi connectivity index (χ3v) is 2.56. The zero-order chi connectivity index (χ0) is 12.3. The maximum atomic E-state index is 13.5. The molecule has 0 amide bonds.